The predicted octanol–water partition coefficient (Wildman–Crippen LogP) is 4.08. The molecule has 4 nitrogen and oxygen atoms in total. The number of benzene rings is 1. The number of likely N-dealkylation sites (tertiary alicyclic amines) is 1. The molecule has 0 spiro atoms. The van der Waals surface area contributed by atoms with Crippen molar-refractivity contribution in [2.24, 2.45) is 0 Å². The van der Waals surface area contributed by atoms with Gasteiger partial charge in [0.15, 0.2) is 0 Å². The Morgan fingerprint density at radius 2 is 2.05 bits per heavy atom. The minimum Gasteiger partial charge on any atom is -0.409 e. The van der Waals surface area contributed by atoms with Crippen LogP contribution in [0.5, 0.6) is 0 Å². The van der Waals surface area contributed by atoms with E-state index in [1.165, 1.54) is 19.3 Å². The van der Waals surface area contributed by atoms with E-state index in [-0.39, 0.29) is 0 Å². The Morgan fingerprint density at radius 3 is 2.80 bits per heavy atom. The van der Waals surface area contributed by atoms with E-state index < -0.39 is 0 Å². The fourth-order valence-corrected chi connectivity index (χ4v) is 3.00. The van der Waals surface area contributed by atoms with Crippen LogP contribution in [0, 0.1) is 4.84 Å². The van der Waals surface area contributed by atoms with Gasteiger partial charge < -0.3 is 4.42 Å². The van der Waals surface area contributed by atoms with Gasteiger partial charge in [0.25, 0.3) is 4.84 Å². The van der Waals surface area contributed by atoms with Crippen molar-refractivity contribution >= 4 is 28.1 Å². The molecule has 0 aliphatic carbocycles. The fraction of sp³-hybridized carbons (Fsp3) is 0.429. The van der Waals surface area contributed by atoms with Gasteiger partial charge in [0, 0.05) is 10.0 Å². The SMILES string of the molecule is S=c1oc(-c2cccc(Br)c2)nn1CN1CCCCC1. The molecule has 0 saturated carbocycles. The van der Waals surface area contributed by atoms with Crippen LogP contribution in [0.25, 0.3) is 11.5 Å². The zero-order chi connectivity index (χ0) is 13.9. The zero-order valence-corrected chi connectivity index (χ0v) is 13.5. The van der Waals surface area contributed by atoms with Gasteiger partial charge in [0.2, 0.25) is 5.89 Å². The maximum atomic E-state index is 5.62. The van der Waals surface area contributed by atoms with Crippen molar-refractivity contribution in [3.63, 3.8) is 0 Å². The van der Waals surface area contributed by atoms with Gasteiger partial charge in [0.1, 0.15) is 0 Å². The molecule has 1 aliphatic rings. The number of halogens is 1. The van der Waals surface area contributed by atoms with E-state index in [9.17, 15) is 0 Å². The molecule has 2 heterocycles. The molecule has 1 aromatic heterocycles. The first kappa shape index (κ1) is 14.0. The topological polar surface area (TPSA) is 34.2 Å². The van der Waals surface area contributed by atoms with E-state index in [1.54, 1.807) is 4.68 Å². The molecule has 0 radical (unpaired) electrons. The number of hydrogen-bond acceptors (Lipinski definition) is 4. The van der Waals surface area contributed by atoms with Crippen LogP contribution in [0.3, 0.4) is 0 Å². The maximum Gasteiger partial charge on any atom is 0.288 e. The number of hydrogen-bond donors (Lipinski definition) is 0. The molecule has 6 heteroatoms. The van der Waals surface area contributed by atoms with Crippen LogP contribution >= 0.6 is 28.1 Å². The van der Waals surface area contributed by atoms with Crippen LogP contribution in [0.4, 0.5) is 0 Å². The molecule has 3 rings (SSSR count). The fourth-order valence-electron chi connectivity index (χ4n) is 2.42. The summed E-state index contributed by atoms with van der Waals surface area (Å²) in [4.78, 5) is 2.80. The van der Waals surface area contributed by atoms with Gasteiger partial charge in [0.05, 0.1) is 6.67 Å². The molecule has 0 amide bonds. The van der Waals surface area contributed by atoms with Crippen molar-refractivity contribution < 1.29 is 4.42 Å². The molecular formula is C14H16BrN3OS. The standard InChI is InChI=1S/C14H16BrN3OS/c15-12-6-4-5-11(9-12)13-16-18(14(20)19-13)10-17-7-2-1-3-8-17/h4-6,9H,1-3,7-8,10H2. The van der Waals surface area contributed by atoms with Gasteiger partial charge in [-0.2, -0.15) is 0 Å². The van der Waals surface area contributed by atoms with Crippen LogP contribution in [-0.2, 0) is 6.67 Å². The van der Waals surface area contributed by atoms with Crippen molar-refractivity contribution in [3.05, 3.63) is 33.6 Å². The lowest BCUT2D eigenvalue weighted by molar-refractivity contribution is 0.170. The van der Waals surface area contributed by atoms with Crippen molar-refractivity contribution in [1.82, 2.24) is 14.7 Å². The minimum absolute atomic E-state index is 0.436. The number of nitrogens with zero attached hydrogens (tertiary/aromatic N) is 3. The average Bonchev–Trinajstić information content (AvgIpc) is 2.81. The van der Waals surface area contributed by atoms with E-state index in [2.05, 4.69) is 25.9 Å². The van der Waals surface area contributed by atoms with Crippen molar-refractivity contribution in [2.45, 2.75) is 25.9 Å². The second kappa shape index (κ2) is 6.20. The minimum atomic E-state index is 0.436. The first-order valence-corrected chi connectivity index (χ1v) is 7.99. The van der Waals surface area contributed by atoms with Gasteiger partial charge in [-0.25, -0.2) is 4.68 Å². The highest BCUT2D eigenvalue weighted by Crippen LogP contribution is 2.22. The molecule has 1 fully saturated rings. The molecule has 106 valence electrons. The Bertz CT molecular complexity index is 646. The van der Waals surface area contributed by atoms with Crippen LogP contribution in [-0.4, -0.2) is 27.8 Å². The second-order valence-corrected chi connectivity index (χ2v) is 6.27. The lowest BCUT2D eigenvalue weighted by atomic mass is 10.1. The summed E-state index contributed by atoms with van der Waals surface area (Å²) in [5.41, 5.74) is 0.933. The summed E-state index contributed by atoms with van der Waals surface area (Å²) < 4.78 is 8.39. The zero-order valence-electron chi connectivity index (χ0n) is 11.1. The Labute approximate surface area is 131 Å². The van der Waals surface area contributed by atoms with E-state index >= 15 is 0 Å². The highest BCUT2D eigenvalue weighted by molar-refractivity contribution is 9.10. The van der Waals surface area contributed by atoms with Crippen LogP contribution in [0.15, 0.2) is 33.2 Å². The van der Waals surface area contributed by atoms with E-state index in [4.69, 9.17) is 16.6 Å². The first-order chi connectivity index (χ1) is 9.72. The number of piperidine rings is 1. The largest absolute Gasteiger partial charge is 0.409 e. The van der Waals surface area contributed by atoms with E-state index in [0.717, 1.165) is 29.8 Å². The van der Waals surface area contributed by atoms with Gasteiger partial charge in [-0.3, -0.25) is 4.90 Å². The third kappa shape index (κ3) is 3.19. The third-order valence-electron chi connectivity index (χ3n) is 3.46. The highest BCUT2D eigenvalue weighted by Gasteiger charge is 2.14. The Kier molecular flexibility index (Phi) is 4.33. The van der Waals surface area contributed by atoms with Crippen molar-refractivity contribution in [2.75, 3.05) is 13.1 Å². The average molecular weight is 354 g/mol. The molecule has 1 aromatic carbocycles. The molecule has 1 aliphatic heterocycles. The monoisotopic (exact) mass is 353 g/mol. The Balaban J connectivity index is 1.81. The molecule has 20 heavy (non-hydrogen) atoms. The normalized spacial score (nSPS) is 16.4. The summed E-state index contributed by atoms with van der Waals surface area (Å²) in [6.45, 7) is 2.94. The smallest absolute Gasteiger partial charge is 0.288 e. The van der Waals surface area contributed by atoms with Gasteiger partial charge in [-0.15, -0.1) is 5.10 Å². The number of rotatable bonds is 3. The van der Waals surface area contributed by atoms with Crippen LogP contribution in [0.2, 0.25) is 0 Å². The molecular weight excluding hydrogens is 338 g/mol. The van der Waals surface area contributed by atoms with Crippen molar-refractivity contribution in [1.29, 1.82) is 0 Å². The molecule has 0 unspecified atom stereocenters. The third-order valence-corrected chi connectivity index (χ3v) is 4.25. The first-order valence-electron chi connectivity index (χ1n) is 6.78. The summed E-state index contributed by atoms with van der Waals surface area (Å²) >= 11 is 8.72. The van der Waals surface area contributed by atoms with Crippen LogP contribution < -0.4 is 0 Å². The molecule has 0 bridgehead atoms. The van der Waals surface area contributed by atoms with Gasteiger partial charge in [-0.1, -0.05) is 28.4 Å². The molecule has 1 saturated heterocycles. The van der Waals surface area contributed by atoms with Crippen LogP contribution in [0.1, 0.15) is 19.3 Å². The lowest BCUT2D eigenvalue weighted by Gasteiger charge is -2.25. The predicted molar refractivity (Wildman–Crippen MR) is 83.9 cm³/mol. The highest BCUT2D eigenvalue weighted by atomic mass is 79.9. The summed E-state index contributed by atoms with van der Waals surface area (Å²) in [6, 6.07) is 7.88. The molecule has 0 N–H and O–H groups in total. The van der Waals surface area contributed by atoms with E-state index in [0.29, 0.717) is 10.7 Å². The summed E-state index contributed by atoms with van der Waals surface area (Å²) in [5.74, 6) is 0.577. The Hall–Kier alpha value is -0.980. The second-order valence-electron chi connectivity index (χ2n) is 5.00. The lowest BCUT2D eigenvalue weighted by Crippen LogP contribution is -2.32. The van der Waals surface area contributed by atoms with Crippen molar-refractivity contribution in [3.8, 4) is 11.5 Å². The van der Waals surface area contributed by atoms with Gasteiger partial charge in [-0.05, 0) is 56.3 Å². The van der Waals surface area contributed by atoms with Gasteiger partial charge >= 0.3 is 0 Å². The number of aromatic nitrogens is 2. The molecule has 0 atom stereocenters. The summed E-state index contributed by atoms with van der Waals surface area (Å²) in [5, 5.41) is 4.50. The summed E-state index contributed by atoms with van der Waals surface area (Å²) in [6.07, 6.45) is 3.83. The maximum absolute atomic E-state index is 5.62. The molecule has 2 aromatic rings. The van der Waals surface area contributed by atoms with E-state index in [1.807, 2.05) is 24.3 Å². The summed E-state index contributed by atoms with van der Waals surface area (Å²) in [7, 11) is 0. The quantitative estimate of drug-likeness (QED) is 0.778. The Morgan fingerprint density at radius 1 is 1.25 bits per heavy atom.